The van der Waals surface area contributed by atoms with Gasteiger partial charge in [-0.25, -0.2) is 4.79 Å². The van der Waals surface area contributed by atoms with Crippen LogP contribution in [0.15, 0.2) is 48.5 Å². The normalized spacial score (nSPS) is 14.5. The summed E-state index contributed by atoms with van der Waals surface area (Å²) in [4.78, 5) is 34.8. The first-order valence-corrected chi connectivity index (χ1v) is 10.3. The summed E-state index contributed by atoms with van der Waals surface area (Å²) in [6.07, 6.45) is -7.01. The number of carboxylic acid groups (broad SMARTS) is 1. The summed E-state index contributed by atoms with van der Waals surface area (Å²) in [5, 5.41) is 12.7. The van der Waals surface area contributed by atoms with Crippen LogP contribution in [0.3, 0.4) is 0 Å². The molecule has 7 nitrogen and oxygen atoms in total. The molecule has 10 heteroatoms. The Bertz CT molecular complexity index is 995. The van der Waals surface area contributed by atoms with E-state index < -0.39 is 42.5 Å². The Morgan fingerprint density at radius 2 is 1.58 bits per heavy atom. The van der Waals surface area contributed by atoms with Gasteiger partial charge in [-0.3, -0.25) is 9.59 Å². The molecule has 3 rings (SSSR count). The van der Waals surface area contributed by atoms with Gasteiger partial charge in [0.25, 0.3) is 0 Å². The maximum absolute atomic E-state index is 12.9. The standard InChI is InChI=1S/C23H23F3N2O5/c1-13(21(31)28-19(10-20(29)30)23(24,25)26)11-27-22(32)33-12-18-16-8-4-2-6-14(16)15-7-3-5-9-17(15)18/h2-9,13,18-19H,10-12H2,1H3,(H,27,32)(H,28,31)(H,29,30). The topological polar surface area (TPSA) is 105 Å². The third-order valence-corrected chi connectivity index (χ3v) is 5.43. The minimum Gasteiger partial charge on any atom is -0.481 e. The highest BCUT2D eigenvalue weighted by Crippen LogP contribution is 2.44. The van der Waals surface area contributed by atoms with E-state index >= 15 is 0 Å². The van der Waals surface area contributed by atoms with E-state index in [1.807, 2.05) is 48.5 Å². The molecular formula is C23H23F3N2O5. The monoisotopic (exact) mass is 464 g/mol. The van der Waals surface area contributed by atoms with Gasteiger partial charge >= 0.3 is 18.2 Å². The first-order chi connectivity index (χ1) is 15.6. The summed E-state index contributed by atoms with van der Waals surface area (Å²) < 4.78 is 44.0. The molecule has 176 valence electrons. The maximum Gasteiger partial charge on any atom is 0.409 e. The molecule has 0 fully saturated rings. The number of aliphatic carboxylic acids is 1. The molecule has 0 aliphatic heterocycles. The molecule has 3 N–H and O–H groups in total. The number of carbonyl (C=O) groups excluding carboxylic acids is 2. The number of amides is 2. The number of rotatable bonds is 8. The van der Waals surface area contributed by atoms with Crippen LogP contribution in [0, 0.1) is 5.92 Å². The minimum atomic E-state index is -4.91. The number of carboxylic acids is 1. The van der Waals surface area contributed by atoms with Crippen LogP contribution in [-0.2, 0) is 14.3 Å². The van der Waals surface area contributed by atoms with Crippen molar-refractivity contribution in [2.45, 2.75) is 31.5 Å². The van der Waals surface area contributed by atoms with Gasteiger partial charge in [-0.2, -0.15) is 13.2 Å². The fourth-order valence-corrected chi connectivity index (χ4v) is 3.72. The zero-order chi connectivity index (χ0) is 24.2. The lowest BCUT2D eigenvalue weighted by atomic mass is 9.98. The number of nitrogens with one attached hydrogen (secondary N) is 2. The van der Waals surface area contributed by atoms with Crippen LogP contribution in [0.1, 0.15) is 30.4 Å². The second kappa shape index (κ2) is 9.93. The Balaban J connectivity index is 1.52. The van der Waals surface area contributed by atoms with Crippen molar-refractivity contribution in [3.8, 4) is 11.1 Å². The van der Waals surface area contributed by atoms with Gasteiger partial charge in [-0.1, -0.05) is 55.5 Å². The Morgan fingerprint density at radius 3 is 2.09 bits per heavy atom. The largest absolute Gasteiger partial charge is 0.481 e. The fraction of sp³-hybridized carbons (Fsp3) is 0.348. The highest BCUT2D eigenvalue weighted by atomic mass is 19.4. The molecule has 1 aliphatic rings. The average molecular weight is 464 g/mol. The number of alkyl carbamates (subject to hydrolysis) is 1. The molecule has 0 saturated carbocycles. The van der Waals surface area contributed by atoms with Gasteiger partial charge in [0, 0.05) is 12.5 Å². The van der Waals surface area contributed by atoms with E-state index in [0.717, 1.165) is 22.3 Å². The highest BCUT2D eigenvalue weighted by molar-refractivity contribution is 5.81. The van der Waals surface area contributed by atoms with Gasteiger partial charge in [0.1, 0.15) is 12.6 Å². The Hall–Kier alpha value is -3.56. The van der Waals surface area contributed by atoms with Crippen molar-refractivity contribution in [3.05, 3.63) is 59.7 Å². The van der Waals surface area contributed by atoms with Crippen molar-refractivity contribution >= 4 is 18.0 Å². The van der Waals surface area contributed by atoms with Crippen LogP contribution < -0.4 is 10.6 Å². The van der Waals surface area contributed by atoms with E-state index in [1.165, 1.54) is 6.92 Å². The van der Waals surface area contributed by atoms with E-state index in [0.29, 0.717) is 0 Å². The zero-order valence-electron chi connectivity index (χ0n) is 17.7. The van der Waals surface area contributed by atoms with E-state index in [4.69, 9.17) is 9.84 Å². The minimum absolute atomic E-state index is 0.0508. The molecule has 0 aromatic heterocycles. The number of fused-ring (bicyclic) bond motifs is 3. The zero-order valence-corrected chi connectivity index (χ0v) is 17.7. The number of ether oxygens (including phenoxy) is 1. The van der Waals surface area contributed by atoms with Crippen LogP contribution in [0.25, 0.3) is 11.1 Å². The summed E-state index contributed by atoms with van der Waals surface area (Å²) in [7, 11) is 0. The number of halogens is 3. The van der Waals surface area contributed by atoms with E-state index in [2.05, 4.69) is 5.32 Å². The molecular weight excluding hydrogens is 441 g/mol. The Kier molecular flexibility index (Phi) is 7.25. The third-order valence-electron chi connectivity index (χ3n) is 5.43. The second-order valence-corrected chi connectivity index (χ2v) is 7.81. The average Bonchev–Trinajstić information content (AvgIpc) is 3.08. The molecule has 2 unspecified atom stereocenters. The van der Waals surface area contributed by atoms with Gasteiger partial charge in [-0.05, 0) is 22.3 Å². The first kappa shape index (κ1) is 24.1. The van der Waals surface area contributed by atoms with Crippen LogP contribution in [0.2, 0.25) is 0 Å². The first-order valence-electron chi connectivity index (χ1n) is 10.3. The second-order valence-electron chi connectivity index (χ2n) is 7.81. The van der Waals surface area contributed by atoms with Crippen molar-refractivity contribution < 1.29 is 37.4 Å². The van der Waals surface area contributed by atoms with Crippen LogP contribution in [0.5, 0.6) is 0 Å². The SMILES string of the molecule is CC(CNC(=O)OCC1c2ccccc2-c2ccccc21)C(=O)NC(CC(=O)O)C(F)(F)F. The predicted octanol–water partition coefficient (Wildman–Crippen LogP) is 3.68. The molecule has 2 aromatic rings. The Morgan fingerprint density at radius 1 is 1.03 bits per heavy atom. The number of alkyl halides is 3. The fourth-order valence-electron chi connectivity index (χ4n) is 3.72. The highest BCUT2D eigenvalue weighted by Gasteiger charge is 2.42. The van der Waals surface area contributed by atoms with Crippen molar-refractivity contribution in [3.63, 3.8) is 0 Å². The predicted molar refractivity (Wildman–Crippen MR) is 112 cm³/mol. The van der Waals surface area contributed by atoms with Gasteiger partial charge in [-0.15, -0.1) is 0 Å². The van der Waals surface area contributed by atoms with E-state index in [9.17, 15) is 27.6 Å². The van der Waals surface area contributed by atoms with Gasteiger partial charge in [0.15, 0.2) is 0 Å². The number of carbonyl (C=O) groups is 3. The molecule has 0 spiro atoms. The summed E-state index contributed by atoms with van der Waals surface area (Å²) >= 11 is 0. The summed E-state index contributed by atoms with van der Waals surface area (Å²) in [5.41, 5.74) is 4.17. The molecule has 1 aliphatic carbocycles. The molecule has 0 bridgehead atoms. The molecule has 0 saturated heterocycles. The van der Waals surface area contributed by atoms with E-state index in [1.54, 1.807) is 5.32 Å². The van der Waals surface area contributed by atoms with Crippen molar-refractivity contribution in [2.75, 3.05) is 13.2 Å². The molecule has 2 atom stereocenters. The molecule has 2 amide bonds. The summed E-state index contributed by atoms with van der Waals surface area (Å²) in [5.74, 6) is -3.92. The smallest absolute Gasteiger partial charge is 0.409 e. The van der Waals surface area contributed by atoms with E-state index in [-0.39, 0.29) is 19.1 Å². The lowest BCUT2D eigenvalue weighted by Crippen LogP contribution is -2.49. The number of hydrogen-bond donors (Lipinski definition) is 3. The molecule has 0 heterocycles. The summed E-state index contributed by atoms with van der Waals surface area (Å²) in [6.45, 7) is 1.09. The van der Waals surface area contributed by atoms with Crippen LogP contribution in [-0.4, -0.2) is 48.4 Å². The van der Waals surface area contributed by atoms with Crippen molar-refractivity contribution in [2.24, 2.45) is 5.92 Å². The quantitative estimate of drug-likeness (QED) is 0.553. The van der Waals surface area contributed by atoms with Crippen molar-refractivity contribution in [1.29, 1.82) is 0 Å². The van der Waals surface area contributed by atoms with Crippen LogP contribution in [0.4, 0.5) is 18.0 Å². The molecule has 33 heavy (non-hydrogen) atoms. The van der Waals surface area contributed by atoms with Crippen molar-refractivity contribution in [1.82, 2.24) is 10.6 Å². The Labute approximate surface area is 187 Å². The van der Waals surface area contributed by atoms with Gasteiger partial charge < -0.3 is 20.5 Å². The van der Waals surface area contributed by atoms with Gasteiger partial charge in [0.2, 0.25) is 5.91 Å². The lowest BCUT2D eigenvalue weighted by Gasteiger charge is -2.22. The van der Waals surface area contributed by atoms with Crippen LogP contribution >= 0.6 is 0 Å². The molecule has 0 radical (unpaired) electrons. The number of benzene rings is 2. The maximum atomic E-state index is 12.9. The lowest BCUT2D eigenvalue weighted by molar-refractivity contribution is -0.170. The summed E-state index contributed by atoms with van der Waals surface area (Å²) in [6, 6.07) is 13.0. The van der Waals surface area contributed by atoms with Gasteiger partial charge in [0.05, 0.1) is 12.3 Å². The molecule has 2 aromatic carbocycles. The number of hydrogen-bond acceptors (Lipinski definition) is 4. The third kappa shape index (κ3) is 5.82.